The zero-order chi connectivity index (χ0) is 26.4. The summed E-state index contributed by atoms with van der Waals surface area (Å²) in [5.41, 5.74) is 1.62. The largest absolute Gasteiger partial charge is 0.477 e. The van der Waals surface area contributed by atoms with Gasteiger partial charge in [-0.1, -0.05) is 42.5 Å². The highest BCUT2D eigenvalue weighted by molar-refractivity contribution is 8.01. The number of esters is 1. The highest BCUT2D eigenvalue weighted by Crippen LogP contribution is 2.41. The molecule has 0 bridgehead atoms. The normalized spacial score (nSPS) is 18.4. The molecule has 0 unspecified atom stereocenters. The summed E-state index contributed by atoms with van der Waals surface area (Å²) in [6.07, 6.45) is 0.212. The molecule has 4 rings (SSSR count). The van der Waals surface area contributed by atoms with Crippen molar-refractivity contribution in [1.29, 1.82) is 5.26 Å². The van der Waals surface area contributed by atoms with Crippen LogP contribution in [0.1, 0.15) is 17.5 Å². The quantitative estimate of drug-likeness (QED) is 0.203. The number of nitrogens with zero attached hydrogens (tertiary/aromatic N) is 2. The summed E-state index contributed by atoms with van der Waals surface area (Å²) in [7, 11) is 0. The van der Waals surface area contributed by atoms with Gasteiger partial charge in [-0.2, -0.15) is 17.0 Å². The molecule has 2 amide bonds. The second kappa shape index (κ2) is 12.0. The number of carbonyl (C=O) groups excluding carboxylic acids is 3. The van der Waals surface area contributed by atoms with Gasteiger partial charge >= 0.3 is 11.9 Å². The Bertz CT molecular complexity index is 1290. The molecule has 190 valence electrons. The van der Waals surface area contributed by atoms with Crippen LogP contribution in [0.5, 0.6) is 5.75 Å². The number of ether oxygens (including phenoxy) is 1. The number of carbonyl (C=O) groups is 4. The topological polar surface area (TPSA) is 137 Å². The van der Waals surface area contributed by atoms with Crippen LogP contribution in [0.15, 0.2) is 65.9 Å². The summed E-state index contributed by atoms with van der Waals surface area (Å²) in [4.78, 5) is 50.6. The van der Waals surface area contributed by atoms with Crippen molar-refractivity contribution in [3.63, 3.8) is 0 Å². The molecule has 2 aliphatic rings. The van der Waals surface area contributed by atoms with Gasteiger partial charge < -0.3 is 15.2 Å². The minimum Gasteiger partial charge on any atom is -0.477 e. The zero-order valence-electron chi connectivity index (χ0n) is 19.6. The first-order chi connectivity index (χ1) is 17.9. The molecule has 0 radical (unpaired) electrons. The summed E-state index contributed by atoms with van der Waals surface area (Å²) >= 11 is 2.77. The van der Waals surface area contributed by atoms with Gasteiger partial charge in [-0.25, -0.2) is 4.79 Å². The van der Waals surface area contributed by atoms with Crippen LogP contribution < -0.4 is 10.1 Å². The number of fused-ring (bicyclic) bond motifs is 1. The van der Waals surface area contributed by atoms with Crippen LogP contribution in [-0.2, 0) is 25.6 Å². The number of nitrogens with one attached hydrogen (secondary N) is 1. The average molecular weight is 538 g/mol. The average Bonchev–Trinajstić information content (AvgIpc) is 2.90. The molecule has 2 aromatic rings. The van der Waals surface area contributed by atoms with Gasteiger partial charge in [-0.15, -0.1) is 11.8 Å². The number of amides is 2. The zero-order valence-corrected chi connectivity index (χ0v) is 21.2. The summed E-state index contributed by atoms with van der Waals surface area (Å²) in [5.74, 6) is -1.12. The number of hydrogen-bond acceptors (Lipinski definition) is 8. The van der Waals surface area contributed by atoms with E-state index in [-0.39, 0.29) is 35.8 Å². The van der Waals surface area contributed by atoms with Gasteiger partial charge in [0.2, 0.25) is 5.91 Å². The van der Waals surface area contributed by atoms with E-state index in [0.717, 1.165) is 5.56 Å². The number of nitriles is 1. The Hall–Kier alpha value is -3.75. The maximum atomic E-state index is 12.8. The maximum Gasteiger partial charge on any atom is 0.352 e. The number of carboxylic acids is 1. The number of benzene rings is 2. The van der Waals surface area contributed by atoms with Gasteiger partial charge in [0, 0.05) is 17.3 Å². The van der Waals surface area contributed by atoms with Gasteiger partial charge in [0.25, 0.3) is 5.91 Å². The molecular formula is C26H23N3O6S2. The van der Waals surface area contributed by atoms with E-state index < -0.39 is 29.3 Å². The molecular weight excluding hydrogens is 514 g/mol. The van der Waals surface area contributed by atoms with Crippen molar-refractivity contribution in [2.45, 2.75) is 24.3 Å². The lowest BCUT2D eigenvalue weighted by Crippen LogP contribution is -2.70. The minimum absolute atomic E-state index is 0.0552. The second-order valence-corrected chi connectivity index (χ2v) is 10.5. The lowest BCUT2D eigenvalue weighted by Gasteiger charge is -2.49. The fraction of sp³-hybridized carbons (Fsp3) is 0.269. The van der Waals surface area contributed by atoms with Gasteiger partial charge in [0.05, 0.1) is 18.4 Å². The molecule has 2 heterocycles. The number of rotatable bonds is 10. The first-order valence-electron chi connectivity index (χ1n) is 11.4. The Morgan fingerprint density at radius 3 is 2.62 bits per heavy atom. The molecule has 0 saturated carbocycles. The van der Waals surface area contributed by atoms with Crippen molar-refractivity contribution in [3.05, 3.63) is 77.0 Å². The van der Waals surface area contributed by atoms with Gasteiger partial charge in [-0.3, -0.25) is 19.3 Å². The van der Waals surface area contributed by atoms with Gasteiger partial charge in [0.1, 0.15) is 28.9 Å². The van der Waals surface area contributed by atoms with Gasteiger partial charge in [-0.05, 0) is 23.3 Å². The third kappa shape index (κ3) is 6.15. The molecule has 2 aliphatic heterocycles. The first-order valence-corrected chi connectivity index (χ1v) is 13.6. The summed E-state index contributed by atoms with van der Waals surface area (Å²) in [5, 5.41) is 21.2. The predicted octanol–water partition coefficient (Wildman–Crippen LogP) is 2.57. The van der Waals surface area contributed by atoms with E-state index in [9.17, 15) is 24.3 Å². The number of carboxylic acid groups (broad SMARTS) is 1. The lowest BCUT2D eigenvalue weighted by molar-refractivity contribution is -0.150. The smallest absolute Gasteiger partial charge is 0.352 e. The van der Waals surface area contributed by atoms with E-state index in [4.69, 9.17) is 10.00 Å². The molecule has 1 saturated heterocycles. The molecule has 2 aromatic carbocycles. The minimum atomic E-state index is -1.20. The van der Waals surface area contributed by atoms with E-state index in [1.165, 1.54) is 28.4 Å². The van der Waals surface area contributed by atoms with Crippen LogP contribution in [0, 0.1) is 11.3 Å². The van der Waals surface area contributed by atoms with Crippen LogP contribution >= 0.6 is 23.5 Å². The third-order valence-corrected chi connectivity index (χ3v) is 8.12. The standard InChI is InChI=1S/C26H23N3O6S2/c27-13-17-8-4-5-9-19(17)35-21(31)10-11-36-14-18-15-37-25-22(24(32)29(25)23(18)26(33)34)28-20(30)12-16-6-2-1-3-7-16/h1-9,22,25H,10-12,14-15H2,(H,28,30)(H,33,34)/t22-,25-/m1/s1. The third-order valence-electron chi connectivity index (χ3n) is 5.73. The highest BCUT2D eigenvalue weighted by atomic mass is 32.2. The summed E-state index contributed by atoms with van der Waals surface area (Å²) in [6, 6.07) is 16.8. The van der Waals surface area contributed by atoms with E-state index in [1.807, 2.05) is 36.4 Å². The van der Waals surface area contributed by atoms with Crippen molar-refractivity contribution in [1.82, 2.24) is 10.2 Å². The fourth-order valence-corrected chi connectivity index (χ4v) is 6.39. The van der Waals surface area contributed by atoms with Crippen LogP contribution in [-0.4, -0.2) is 62.4 Å². The van der Waals surface area contributed by atoms with Crippen LogP contribution in [0.2, 0.25) is 0 Å². The van der Waals surface area contributed by atoms with Crippen molar-refractivity contribution in [3.8, 4) is 11.8 Å². The lowest BCUT2D eigenvalue weighted by atomic mass is 10.0. The van der Waals surface area contributed by atoms with E-state index in [1.54, 1.807) is 24.3 Å². The Balaban J connectivity index is 1.30. The van der Waals surface area contributed by atoms with Crippen molar-refractivity contribution < 1.29 is 29.0 Å². The summed E-state index contributed by atoms with van der Waals surface area (Å²) < 4.78 is 5.25. The molecule has 0 aromatic heterocycles. The number of thioether (sulfide) groups is 2. The first kappa shape index (κ1) is 26.3. The molecule has 2 N–H and O–H groups in total. The molecule has 2 atom stereocenters. The van der Waals surface area contributed by atoms with Crippen LogP contribution in [0.25, 0.3) is 0 Å². The monoisotopic (exact) mass is 537 g/mol. The van der Waals surface area contributed by atoms with E-state index in [2.05, 4.69) is 5.32 Å². The number of aliphatic carboxylic acids is 1. The molecule has 9 nitrogen and oxygen atoms in total. The Kier molecular flexibility index (Phi) is 8.53. The number of hydrogen-bond donors (Lipinski definition) is 2. The van der Waals surface area contributed by atoms with Crippen molar-refractivity contribution in [2.75, 3.05) is 17.3 Å². The predicted molar refractivity (Wildman–Crippen MR) is 139 cm³/mol. The Labute approximate surface area is 221 Å². The SMILES string of the molecule is N#Cc1ccccc1OC(=O)CCSCC1=C(C(=O)O)N2C(=O)[C@@H](NC(=O)Cc3ccccc3)[C@H]2SC1. The Morgan fingerprint density at radius 2 is 1.89 bits per heavy atom. The fourth-order valence-electron chi connectivity index (χ4n) is 3.97. The number of para-hydroxylation sites is 1. The molecule has 37 heavy (non-hydrogen) atoms. The van der Waals surface area contributed by atoms with E-state index >= 15 is 0 Å². The number of β-lactam (4-membered cyclic amide) rings is 1. The maximum absolute atomic E-state index is 12.8. The highest BCUT2D eigenvalue weighted by Gasteiger charge is 2.54. The summed E-state index contributed by atoms with van der Waals surface area (Å²) in [6.45, 7) is 0. The van der Waals surface area contributed by atoms with E-state index in [0.29, 0.717) is 22.8 Å². The van der Waals surface area contributed by atoms with Crippen LogP contribution in [0.3, 0.4) is 0 Å². The molecule has 0 spiro atoms. The van der Waals surface area contributed by atoms with Crippen molar-refractivity contribution in [2.24, 2.45) is 0 Å². The Morgan fingerprint density at radius 1 is 1.16 bits per heavy atom. The van der Waals surface area contributed by atoms with Crippen molar-refractivity contribution >= 4 is 47.3 Å². The van der Waals surface area contributed by atoms with Gasteiger partial charge in [0.15, 0.2) is 0 Å². The second-order valence-electron chi connectivity index (χ2n) is 8.26. The van der Waals surface area contributed by atoms with Crippen LogP contribution in [0.4, 0.5) is 0 Å². The molecule has 1 fully saturated rings. The molecule has 11 heteroatoms. The molecule has 0 aliphatic carbocycles.